The first-order valence-electron chi connectivity index (χ1n) is 9.39. The van der Waals surface area contributed by atoms with Gasteiger partial charge in [-0.1, -0.05) is 0 Å². The number of pyridine rings is 2. The Kier molecular flexibility index (Phi) is 4.18. The predicted molar refractivity (Wildman–Crippen MR) is 106 cm³/mol. The number of halogens is 2. The number of rotatable bonds is 2. The zero-order valence-corrected chi connectivity index (χ0v) is 16.0. The number of hydrogen-bond donors (Lipinski definition) is 1. The first-order valence-corrected chi connectivity index (χ1v) is 9.39. The maximum Gasteiger partial charge on any atom is 0.256 e. The van der Waals surface area contributed by atoms with Gasteiger partial charge in [0.25, 0.3) is 11.5 Å². The Labute approximate surface area is 169 Å². The van der Waals surface area contributed by atoms with Gasteiger partial charge in [-0.2, -0.15) is 0 Å². The monoisotopic (exact) mass is 409 g/mol. The molecule has 0 fully saturated rings. The van der Waals surface area contributed by atoms with Crippen molar-refractivity contribution in [2.24, 2.45) is 0 Å². The van der Waals surface area contributed by atoms with Crippen LogP contribution in [0.25, 0.3) is 16.3 Å². The van der Waals surface area contributed by atoms with Gasteiger partial charge in [0.1, 0.15) is 0 Å². The van der Waals surface area contributed by atoms with E-state index in [2.05, 4.69) is 4.98 Å². The maximum atomic E-state index is 14.0. The Hall–Kier alpha value is -3.52. The summed E-state index contributed by atoms with van der Waals surface area (Å²) < 4.78 is 35.2. The van der Waals surface area contributed by atoms with Gasteiger partial charge in [0.2, 0.25) is 0 Å². The van der Waals surface area contributed by atoms with Crippen LogP contribution >= 0.6 is 0 Å². The van der Waals surface area contributed by atoms with E-state index >= 15 is 0 Å². The lowest BCUT2D eigenvalue weighted by Gasteiger charge is -2.34. The fraction of sp³-hybridized carbons (Fsp3) is 0.182. The van der Waals surface area contributed by atoms with Crippen molar-refractivity contribution in [1.82, 2.24) is 14.3 Å². The molecule has 0 spiro atoms. The fourth-order valence-electron chi connectivity index (χ4n) is 4.05. The molecule has 0 saturated carbocycles. The highest BCUT2D eigenvalue weighted by Gasteiger charge is 2.31. The highest BCUT2D eigenvalue weighted by molar-refractivity contribution is 5.95. The number of aromatic amines is 1. The van der Waals surface area contributed by atoms with Gasteiger partial charge in [-0.25, -0.2) is 8.78 Å². The Bertz CT molecular complexity index is 1380. The zero-order valence-electron chi connectivity index (χ0n) is 16.0. The van der Waals surface area contributed by atoms with Crippen LogP contribution in [0.3, 0.4) is 0 Å². The van der Waals surface area contributed by atoms with Crippen LogP contribution in [0.4, 0.5) is 8.78 Å². The van der Waals surface area contributed by atoms with Crippen LogP contribution in [-0.2, 0) is 11.3 Å². The zero-order chi connectivity index (χ0) is 21.0. The van der Waals surface area contributed by atoms with E-state index in [1.165, 1.54) is 4.90 Å². The van der Waals surface area contributed by atoms with Crippen LogP contribution in [0.5, 0.6) is 0 Å². The first kappa shape index (κ1) is 18.5. The van der Waals surface area contributed by atoms with Crippen molar-refractivity contribution in [3.8, 4) is 0 Å². The molecule has 1 aromatic carbocycles. The lowest BCUT2D eigenvalue weighted by Crippen LogP contribution is -2.37. The maximum absolute atomic E-state index is 14.0. The van der Waals surface area contributed by atoms with Crippen LogP contribution in [-0.4, -0.2) is 33.8 Å². The molecule has 1 aliphatic rings. The van der Waals surface area contributed by atoms with E-state index < -0.39 is 23.2 Å². The molecule has 0 radical (unpaired) electrons. The van der Waals surface area contributed by atoms with E-state index in [-0.39, 0.29) is 29.9 Å². The molecule has 4 heterocycles. The molecule has 1 atom stereocenters. The number of hydrogen-bond acceptors (Lipinski definition) is 3. The van der Waals surface area contributed by atoms with Gasteiger partial charge in [0.15, 0.2) is 11.6 Å². The van der Waals surface area contributed by atoms with Gasteiger partial charge >= 0.3 is 0 Å². The second-order valence-corrected chi connectivity index (χ2v) is 7.36. The summed E-state index contributed by atoms with van der Waals surface area (Å²) in [6.45, 7) is 0.286. The summed E-state index contributed by atoms with van der Waals surface area (Å²) in [4.78, 5) is 29.7. The lowest BCUT2D eigenvalue weighted by atomic mass is 9.95. The summed E-state index contributed by atoms with van der Waals surface area (Å²) in [6, 6.07) is 8.72. The summed E-state index contributed by atoms with van der Waals surface area (Å²) >= 11 is 0. The molecule has 6 nitrogen and oxygen atoms in total. The number of nitrogens with one attached hydrogen (secondary N) is 1. The number of aromatic nitrogens is 2. The van der Waals surface area contributed by atoms with Crippen molar-refractivity contribution in [2.45, 2.75) is 12.6 Å². The van der Waals surface area contributed by atoms with Crippen LogP contribution in [0.15, 0.2) is 53.6 Å². The smallest absolute Gasteiger partial charge is 0.256 e. The molecule has 0 bridgehead atoms. The summed E-state index contributed by atoms with van der Waals surface area (Å²) in [6.07, 6.45) is 3.58. The number of benzene rings is 1. The van der Waals surface area contributed by atoms with Gasteiger partial charge in [-0.15, -0.1) is 0 Å². The minimum absolute atomic E-state index is 0.0363. The molecule has 1 amide bonds. The molecule has 1 N–H and O–H groups in total. The SMILES string of the molecule is CN(C(=O)c1ccc2cccn2c1)C1COCc2[nH]c(=O)c3cc(F)c(F)cc3c21. The number of carbonyl (C=O) groups excluding carboxylic acids is 1. The molecule has 5 rings (SSSR count). The molecule has 8 heteroatoms. The van der Waals surface area contributed by atoms with Crippen molar-refractivity contribution >= 4 is 22.2 Å². The molecule has 1 aliphatic heterocycles. The molecule has 0 saturated heterocycles. The summed E-state index contributed by atoms with van der Waals surface area (Å²) in [5.74, 6) is -2.40. The average Bonchev–Trinajstić information content (AvgIpc) is 3.21. The highest BCUT2D eigenvalue weighted by atomic mass is 19.2. The van der Waals surface area contributed by atoms with E-state index in [0.29, 0.717) is 16.8 Å². The molecule has 1 unspecified atom stereocenters. The van der Waals surface area contributed by atoms with E-state index in [4.69, 9.17) is 4.74 Å². The van der Waals surface area contributed by atoms with Gasteiger partial charge in [0, 0.05) is 36.2 Å². The normalized spacial score (nSPS) is 16.0. The molecule has 4 aromatic rings. The number of ether oxygens (including phenoxy) is 1. The second kappa shape index (κ2) is 6.77. The first-order chi connectivity index (χ1) is 14.4. The third kappa shape index (κ3) is 2.80. The van der Waals surface area contributed by atoms with Crippen LogP contribution in [0, 0.1) is 11.6 Å². The van der Waals surface area contributed by atoms with E-state index in [9.17, 15) is 18.4 Å². The fourth-order valence-corrected chi connectivity index (χ4v) is 4.05. The minimum atomic E-state index is -1.10. The Balaban J connectivity index is 1.62. The number of carbonyl (C=O) groups is 1. The van der Waals surface area contributed by atoms with Gasteiger partial charge in [0.05, 0.1) is 30.2 Å². The standard InChI is InChI=1S/C22H17F2N3O3/c1-26(22(29)12-4-5-13-3-2-6-27(13)9-12)19-11-30-10-18-20(19)14-7-16(23)17(24)8-15(14)21(28)25-18/h2-9,19H,10-11H2,1H3,(H,25,28). The predicted octanol–water partition coefficient (Wildman–Crippen LogP) is 3.40. The van der Waals surface area contributed by atoms with Gasteiger partial charge in [-0.3, -0.25) is 9.59 Å². The van der Waals surface area contributed by atoms with Crippen molar-refractivity contribution < 1.29 is 18.3 Å². The number of fused-ring (bicyclic) bond motifs is 4. The highest BCUT2D eigenvalue weighted by Crippen LogP contribution is 2.34. The largest absolute Gasteiger partial charge is 0.373 e. The van der Waals surface area contributed by atoms with Crippen molar-refractivity contribution in [2.75, 3.05) is 13.7 Å². The molecular formula is C22H17F2N3O3. The molecular weight excluding hydrogens is 392 g/mol. The minimum Gasteiger partial charge on any atom is -0.373 e. The van der Waals surface area contributed by atoms with E-state index in [1.54, 1.807) is 19.3 Å². The van der Waals surface area contributed by atoms with Crippen LogP contribution < -0.4 is 5.56 Å². The van der Waals surface area contributed by atoms with E-state index in [1.807, 2.05) is 28.8 Å². The third-order valence-corrected chi connectivity index (χ3v) is 5.60. The molecule has 0 aliphatic carbocycles. The quantitative estimate of drug-likeness (QED) is 0.552. The molecule has 152 valence electrons. The third-order valence-electron chi connectivity index (χ3n) is 5.60. The van der Waals surface area contributed by atoms with Crippen LogP contribution in [0.2, 0.25) is 0 Å². The number of amides is 1. The Morgan fingerprint density at radius 1 is 1.20 bits per heavy atom. The van der Waals surface area contributed by atoms with Crippen molar-refractivity contribution in [3.63, 3.8) is 0 Å². The lowest BCUT2D eigenvalue weighted by molar-refractivity contribution is 0.0335. The number of H-pyrrole nitrogens is 1. The van der Waals surface area contributed by atoms with Crippen molar-refractivity contribution in [3.05, 3.63) is 87.6 Å². The van der Waals surface area contributed by atoms with Crippen LogP contribution in [0.1, 0.15) is 27.7 Å². The summed E-state index contributed by atoms with van der Waals surface area (Å²) in [5.41, 5.74) is 1.92. The summed E-state index contributed by atoms with van der Waals surface area (Å²) in [5, 5.41) is 0.315. The average molecular weight is 409 g/mol. The van der Waals surface area contributed by atoms with Gasteiger partial charge < -0.3 is 19.0 Å². The summed E-state index contributed by atoms with van der Waals surface area (Å²) in [7, 11) is 1.63. The van der Waals surface area contributed by atoms with Gasteiger partial charge in [-0.05, 0) is 41.8 Å². The second-order valence-electron chi connectivity index (χ2n) is 7.36. The number of nitrogens with zero attached hydrogens (tertiary/aromatic N) is 2. The topological polar surface area (TPSA) is 66.8 Å². The molecule has 30 heavy (non-hydrogen) atoms. The Morgan fingerprint density at radius 3 is 2.77 bits per heavy atom. The van der Waals surface area contributed by atoms with Crippen molar-refractivity contribution in [1.29, 1.82) is 0 Å². The van der Waals surface area contributed by atoms with E-state index in [0.717, 1.165) is 17.6 Å². The molecule has 3 aromatic heterocycles. The number of likely N-dealkylation sites (N-methyl/N-ethyl adjacent to an activating group) is 1. The Morgan fingerprint density at radius 2 is 1.97 bits per heavy atom.